The fourth-order valence-corrected chi connectivity index (χ4v) is 2.15. The van der Waals surface area contributed by atoms with E-state index in [1.807, 2.05) is 6.07 Å². The summed E-state index contributed by atoms with van der Waals surface area (Å²) in [5, 5.41) is 3.52. The molecule has 1 aliphatic carbocycles. The molecule has 0 amide bonds. The molecule has 3 heteroatoms. The summed E-state index contributed by atoms with van der Waals surface area (Å²) < 4.78 is 5.97. The molecule has 3 nitrogen and oxygen atoms in total. The quantitative estimate of drug-likeness (QED) is 0.828. The predicted octanol–water partition coefficient (Wildman–Crippen LogP) is 3.05. The van der Waals surface area contributed by atoms with Crippen LogP contribution in [0, 0.1) is 0 Å². The maximum atomic E-state index is 5.97. The highest BCUT2D eigenvalue weighted by Crippen LogP contribution is 2.25. The summed E-state index contributed by atoms with van der Waals surface area (Å²) in [4.78, 5) is 2.40. The lowest BCUT2D eigenvalue weighted by molar-refractivity contribution is 0.230. The molecule has 0 bridgehead atoms. The summed E-state index contributed by atoms with van der Waals surface area (Å²) in [5.41, 5.74) is 1.36. The molecule has 0 saturated heterocycles. The number of hydrogen-bond acceptors (Lipinski definition) is 3. The van der Waals surface area contributed by atoms with Gasteiger partial charge in [-0.3, -0.25) is 0 Å². The Morgan fingerprint density at radius 2 is 1.95 bits per heavy atom. The summed E-state index contributed by atoms with van der Waals surface area (Å²) in [7, 11) is 2.19. The van der Waals surface area contributed by atoms with Gasteiger partial charge >= 0.3 is 0 Å². The van der Waals surface area contributed by atoms with Crippen molar-refractivity contribution in [3.8, 4) is 5.75 Å². The van der Waals surface area contributed by atoms with Crippen molar-refractivity contribution in [2.45, 2.75) is 51.7 Å². The van der Waals surface area contributed by atoms with Crippen LogP contribution in [0.25, 0.3) is 0 Å². The van der Waals surface area contributed by atoms with E-state index in [0.29, 0.717) is 0 Å². The van der Waals surface area contributed by atoms with Crippen molar-refractivity contribution >= 4 is 0 Å². The zero-order valence-electron chi connectivity index (χ0n) is 13.3. The van der Waals surface area contributed by atoms with Gasteiger partial charge in [-0.05, 0) is 46.7 Å². The molecule has 0 aliphatic heterocycles. The van der Waals surface area contributed by atoms with Gasteiger partial charge in [-0.2, -0.15) is 0 Å². The predicted molar refractivity (Wildman–Crippen MR) is 84.2 cm³/mol. The molecule has 0 heterocycles. The standard InChI is InChI=1S/C17H28N2O/c1-17(2,3)18-13-14-7-5-6-8-16(14)20-12-11-19(4)15-9-10-15/h5-8,15,18H,9-13H2,1-4H3. The van der Waals surface area contributed by atoms with Gasteiger partial charge in [0.15, 0.2) is 0 Å². The van der Waals surface area contributed by atoms with E-state index < -0.39 is 0 Å². The highest BCUT2D eigenvalue weighted by atomic mass is 16.5. The average Bonchev–Trinajstić information content (AvgIpc) is 3.21. The van der Waals surface area contributed by atoms with Gasteiger partial charge < -0.3 is 15.0 Å². The minimum Gasteiger partial charge on any atom is -0.492 e. The second-order valence-corrected chi connectivity index (χ2v) is 6.77. The molecule has 1 aromatic carbocycles. The Labute approximate surface area is 123 Å². The van der Waals surface area contributed by atoms with E-state index in [9.17, 15) is 0 Å². The van der Waals surface area contributed by atoms with E-state index in [1.165, 1.54) is 18.4 Å². The van der Waals surface area contributed by atoms with Gasteiger partial charge in [0.2, 0.25) is 0 Å². The number of para-hydroxylation sites is 1. The Morgan fingerprint density at radius 1 is 1.25 bits per heavy atom. The van der Waals surface area contributed by atoms with Gasteiger partial charge in [-0.15, -0.1) is 0 Å². The molecule has 0 spiro atoms. The highest BCUT2D eigenvalue weighted by Gasteiger charge is 2.25. The number of nitrogens with zero attached hydrogens (tertiary/aromatic N) is 1. The smallest absolute Gasteiger partial charge is 0.123 e. The largest absolute Gasteiger partial charge is 0.492 e. The summed E-state index contributed by atoms with van der Waals surface area (Å²) in [6, 6.07) is 9.12. The van der Waals surface area contributed by atoms with Gasteiger partial charge in [0, 0.05) is 30.2 Å². The Morgan fingerprint density at radius 3 is 2.60 bits per heavy atom. The van der Waals surface area contributed by atoms with E-state index in [1.54, 1.807) is 0 Å². The molecular weight excluding hydrogens is 248 g/mol. The molecular formula is C17H28N2O. The van der Waals surface area contributed by atoms with Crippen LogP contribution in [0.3, 0.4) is 0 Å². The van der Waals surface area contributed by atoms with Crippen LogP contribution in [0.5, 0.6) is 5.75 Å². The summed E-state index contributed by atoms with van der Waals surface area (Å²) in [5.74, 6) is 1.01. The Kier molecular flexibility index (Phi) is 5.06. The van der Waals surface area contributed by atoms with Crippen molar-refractivity contribution in [1.82, 2.24) is 10.2 Å². The van der Waals surface area contributed by atoms with E-state index >= 15 is 0 Å². The number of hydrogen-bond donors (Lipinski definition) is 1. The van der Waals surface area contributed by atoms with Crippen LogP contribution in [0.1, 0.15) is 39.2 Å². The Bertz CT molecular complexity index is 421. The lowest BCUT2D eigenvalue weighted by atomic mass is 10.1. The molecule has 0 unspecified atom stereocenters. The molecule has 20 heavy (non-hydrogen) atoms. The number of benzene rings is 1. The molecule has 112 valence electrons. The molecule has 1 fully saturated rings. The number of likely N-dealkylation sites (N-methyl/N-ethyl adjacent to an activating group) is 1. The third-order valence-electron chi connectivity index (χ3n) is 3.65. The van der Waals surface area contributed by atoms with Gasteiger partial charge in [-0.25, -0.2) is 0 Å². The molecule has 1 aliphatic rings. The summed E-state index contributed by atoms with van der Waals surface area (Å²) in [6.07, 6.45) is 2.70. The van der Waals surface area contributed by atoms with Crippen molar-refractivity contribution in [2.24, 2.45) is 0 Å². The van der Waals surface area contributed by atoms with Crippen LogP contribution in [0.15, 0.2) is 24.3 Å². The van der Waals surface area contributed by atoms with Gasteiger partial charge in [0.1, 0.15) is 12.4 Å². The second kappa shape index (κ2) is 6.59. The maximum Gasteiger partial charge on any atom is 0.123 e. The first-order valence-corrected chi connectivity index (χ1v) is 7.62. The van der Waals surface area contributed by atoms with Crippen molar-refractivity contribution in [2.75, 3.05) is 20.2 Å². The molecule has 0 aromatic heterocycles. The molecule has 1 aromatic rings. The molecule has 1 N–H and O–H groups in total. The monoisotopic (exact) mass is 276 g/mol. The van der Waals surface area contributed by atoms with Crippen LogP contribution >= 0.6 is 0 Å². The Balaban J connectivity index is 1.83. The Hall–Kier alpha value is -1.06. The lowest BCUT2D eigenvalue weighted by Gasteiger charge is -2.22. The normalized spacial score (nSPS) is 15.7. The maximum absolute atomic E-state index is 5.97. The van der Waals surface area contributed by atoms with Gasteiger partial charge in [0.05, 0.1) is 0 Å². The van der Waals surface area contributed by atoms with E-state index in [2.05, 4.69) is 56.2 Å². The third kappa shape index (κ3) is 5.14. The molecule has 1 saturated carbocycles. The van der Waals surface area contributed by atoms with E-state index in [0.717, 1.165) is 31.5 Å². The fourth-order valence-electron chi connectivity index (χ4n) is 2.15. The van der Waals surface area contributed by atoms with Gasteiger partial charge in [0.25, 0.3) is 0 Å². The second-order valence-electron chi connectivity index (χ2n) is 6.77. The number of nitrogens with one attached hydrogen (secondary N) is 1. The highest BCUT2D eigenvalue weighted by molar-refractivity contribution is 5.33. The lowest BCUT2D eigenvalue weighted by Crippen LogP contribution is -2.35. The number of rotatable bonds is 7. The zero-order valence-corrected chi connectivity index (χ0v) is 13.3. The van der Waals surface area contributed by atoms with Crippen LogP contribution < -0.4 is 10.1 Å². The topological polar surface area (TPSA) is 24.5 Å². The summed E-state index contributed by atoms with van der Waals surface area (Å²) in [6.45, 7) is 9.16. The van der Waals surface area contributed by atoms with Crippen molar-refractivity contribution < 1.29 is 4.74 Å². The first-order chi connectivity index (χ1) is 9.46. The van der Waals surface area contributed by atoms with Crippen molar-refractivity contribution in [1.29, 1.82) is 0 Å². The number of ether oxygens (including phenoxy) is 1. The molecule has 2 rings (SSSR count). The van der Waals surface area contributed by atoms with Crippen LogP contribution in [-0.2, 0) is 6.54 Å². The SMILES string of the molecule is CN(CCOc1ccccc1CNC(C)(C)C)C1CC1. The average molecular weight is 276 g/mol. The van der Waals surface area contributed by atoms with Gasteiger partial charge in [-0.1, -0.05) is 18.2 Å². The minimum absolute atomic E-state index is 0.124. The van der Waals surface area contributed by atoms with Crippen molar-refractivity contribution in [3.05, 3.63) is 29.8 Å². The molecule has 0 atom stereocenters. The summed E-state index contributed by atoms with van der Waals surface area (Å²) >= 11 is 0. The van der Waals surface area contributed by atoms with Crippen LogP contribution in [-0.4, -0.2) is 36.7 Å². The zero-order chi connectivity index (χ0) is 14.6. The first-order valence-electron chi connectivity index (χ1n) is 7.62. The molecule has 0 radical (unpaired) electrons. The van der Waals surface area contributed by atoms with Crippen LogP contribution in [0.4, 0.5) is 0 Å². The van der Waals surface area contributed by atoms with Crippen molar-refractivity contribution in [3.63, 3.8) is 0 Å². The first kappa shape index (κ1) is 15.3. The fraction of sp³-hybridized carbons (Fsp3) is 0.647. The minimum atomic E-state index is 0.124. The van der Waals surface area contributed by atoms with E-state index in [-0.39, 0.29) is 5.54 Å². The third-order valence-corrected chi connectivity index (χ3v) is 3.65. The van der Waals surface area contributed by atoms with E-state index in [4.69, 9.17) is 4.74 Å². The van der Waals surface area contributed by atoms with Crippen LogP contribution in [0.2, 0.25) is 0 Å².